The summed E-state index contributed by atoms with van der Waals surface area (Å²) in [4.78, 5) is 0. The first-order valence-corrected chi connectivity index (χ1v) is 1.000. The Bertz CT molecular complexity index is 6.04. The fraction of sp³-hybridized carbons (Fsp3) is 0.200. The van der Waals surface area contributed by atoms with Gasteiger partial charge >= 0.3 is 0 Å². The van der Waals surface area contributed by atoms with Crippen molar-refractivity contribution in [1.82, 2.24) is 0 Å². The maximum Gasteiger partial charge on any atom is 0 e. The Kier molecular flexibility index (Phi) is 286. The predicted octanol–water partition coefficient (Wildman–Crippen LogP) is 1.94. The first-order chi connectivity index (χ1) is 1.41. The molecule has 0 aliphatic carbocycles. The van der Waals surface area contributed by atoms with E-state index < -0.39 is 0 Å². The van der Waals surface area contributed by atoms with Crippen LogP contribution in [-0.2, 0) is 44.8 Å². The Hall–Kier alpha value is 1.48. The van der Waals surface area contributed by atoms with Crippen molar-refractivity contribution in [2.45, 2.75) is 6.42 Å². The molecule has 58 valence electrons. The zero-order valence-corrected chi connectivity index (χ0v) is 9.06. The minimum absolute atomic E-state index is 0. The van der Waals surface area contributed by atoms with Crippen LogP contribution >= 0.6 is 0 Å². The van der Waals surface area contributed by atoms with Gasteiger partial charge in [0.1, 0.15) is 0 Å². The smallest absolute Gasteiger partial charge is 0 e. The van der Waals surface area contributed by atoms with E-state index in [-0.39, 0.29) is 59.6 Å². The van der Waals surface area contributed by atoms with Crippen molar-refractivity contribution in [3.05, 3.63) is 28.7 Å². The number of hydrogen-bond donors (Lipinski definition) is 0. The molecule has 0 amide bonds. The zero-order chi connectivity index (χ0) is 2.71. The average Bonchev–Trinajstić information content (AvgIpc) is 0.918. The molecule has 0 aliphatic heterocycles. The number of rotatable bonds is 0. The van der Waals surface area contributed by atoms with Crippen LogP contribution in [0.1, 0.15) is 6.42 Å². The molecule has 0 saturated carbocycles. The van der Waals surface area contributed by atoms with Gasteiger partial charge in [-0.25, -0.2) is 0 Å². The molecule has 0 spiro atoms. The van der Waals surface area contributed by atoms with E-state index in [0.29, 0.717) is 0 Å². The maximum absolute atomic E-state index is 3.38. The normalized spacial score (nSPS) is 2.57. The summed E-state index contributed by atoms with van der Waals surface area (Å²) in [5, 5.41) is 0. The molecule has 0 atom stereocenters. The molecule has 0 aromatic heterocycles. The van der Waals surface area contributed by atoms with Gasteiger partial charge in [-0.15, -0.1) is 0 Å². The summed E-state index contributed by atoms with van der Waals surface area (Å²) in [6, 6.07) is 0. The molecule has 2 radical (unpaired) electrons. The molecular formula is C5H12Au2-4. The van der Waals surface area contributed by atoms with Crippen LogP contribution in [0.5, 0.6) is 0 Å². The summed E-state index contributed by atoms with van der Waals surface area (Å²) < 4.78 is 0. The Morgan fingerprint density at radius 3 is 0.857 bits per heavy atom. The summed E-state index contributed by atoms with van der Waals surface area (Å²) in [5.41, 5.74) is 0. The molecule has 0 fully saturated rings. The molecule has 2 heteroatoms. The van der Waals surface area contributed by atoms with Crippen molar-refractivity contribution >= 4 is 0 Å². The van der Waals surface area contributed by atoms with Gasteiger partial charge in [-0.05, 0) is 0 Å². The first kappa shape index (κ1) is 39.2. The molecule has 0 heterocycles. The van der Waals surface area contributed by atoms with E-state index in [1.54, 1.807) is 0 Å². The Labute approximate surface area is 79.5 Å². The predicted molar refractivity (Wildman–Crippen MR) is 28.2 cm³/mol. The largest absolute Gasteiger partial charge is 0.372 e. The Balaban J connectivity index is -0.00000000333. The molecule has 0 aliphatic rings. The van der Waals surface area contributed by atoms with Gasteiger partial charge < -0.3 is 35.1 Å². The van der Waals surface area contributed by atoms with Crippen LogP contribution < -0.4 is 0 Å². The van der Waals surface area contributed by atoms with Crippen molar-refractivity contribution < 1.29 is 44.8 Å². The zero-order valence-electron chi connectivity index (χ0n) is 4.72. The Morgan fingerprint density at radius 2 is 0.857 bits per heavy atom. The van der Waals surface area contributed by atoms with E-state index in [4.69, 9.17) is 0 Å². The van der Waals surface area contributed by atoms with Crippen molar-refractivity contribution in [2.24, 2.45) is 0 Å². The summed E-state index contributed by atoms with van der Waals surface area (Å²) in [5.74, 6) is 0. The first-order valence-electron chi connectivity index (χ1n) is 1.000. The van der Waals surface area contributed by atoms with Gasteiger partial charge in [-0.1, -0.05) is 0 Å². The maximum atomic E-state index is 3.38. The van der Waals surface area contributed by atoms with Crippen molar-refractivity contribution in [2.75, 3.05) is 0 Å². The van der Waals surface area contributed by atoms with Crippen LogP contribution in [0.4, 0.5) is 0 Å². The number of hydrogen-bond acceptors (Lipinski definition) is 0. The third-order valence-corrected chi connectivity index (χ3v) is 0. The van der Waals surface area contributed by atoms with Gasteiger partial charge in [0.05, 0.1) is 0 Å². The second-order valence-electron chi connectivity index (χ2n) is 0.354. The van der Waals surface area contributed by atoms with Gasteiger partial charge in [-0.2, -0.15) is 0 Å². The topological polar surface area (TPSA) is 0 Å². The van der Waals surface area contributed by atoms with E-state index in [1.807, 2.05) is 0 Å². The van der Waals surface area contributed by atoms with Crippen molar-refractivity contribution in [3.8, 4) is 0 Å². The molecule has 0 aromatic carbocycles. The van der Waals surface area contributed by atoms with E-state index in [0.717, 1.165) is 6.42 Å². The standard InChI is InChI=1S/C3H6.2CH3.2Au/c1-3-2;;;;/h1-3H2;2*1H3;;/q-2;2*-1;;. The third kappa shape index (κ3) is 103. The average molecular weight is 466 g/mol. The van der Waals surface area contributed by atoms with E-state index >= 15 is 0 Å². The molecule has 0 unspecified atom stereocenters. The molecule has 0 aromatic rings. The van der Waals surface area contributed by atoms with Crippen LogP contribution in [-0.4, -0.2) is 0 Å². The van der Waals surface area contributed by atoms with Crippen molar-refractivity contribution in [1.29, 1.82) is 0 Å². The van der Waals surface area contributed by atoms with E-state index in [1.165, 1.54) is 0 Å². The van der Waals surface area contributed by atoms with Crippen LogP contribution in [0.25, 0.3) is 0 Å². The van der Waals surface area contributed by atoms with E-state index in [2.05, 4.69) is 13.8 Å². The van der Waals surface area contributed by atoms with Crippen LogP contribution in [0.15, 0.2) is 0 Å². The Morgan fingerprint density at radius 1 is 0.857 bits per heavy atom. The second-order valence-corrected chi connectivity index (χ2v) is 0.354. The third-order valence-electron chi connectivity index (χ3n) is 0. The summed E-state index contributed by atoms with van der Waals surface area (Å²) >= 11 is 0. The van der Waals surface area contributed by atoms with Crippen LogP contribution in [0.2, 0.25) is 0 Å². The van der Waals surface area contributed by atoms with Gasteiger partial charge in [0, 0.05) is 44.8 Å². The summed E-state index contributed by atoms with van der Waals surface area (Å²) in [7, 11) is 0. The second kappa shape index (κ2) is 51.1. The fourth-order valence-corrected chi connectivity index (χ4v) is 0. The minimum atomic E-state index is 0. The van der Waals surface area contributed by atoms with Gasteiger partial charge in [-0.3, -0.25) is 0 Å². The molecule has 0 N–H and O–H groups in total. The van der Waals surface area contributed by atoms with Crippen LogP contribution in [0.3, 0.4) is 0 Å². The molecular weight excluding hydrogens is 454 g/mol. The summed E-state index contributed by atoms with van der Waals surface area (Å²) in [6.07, 6.45) is 0.750. The molecule has 0 saturated heterocycles. The molecule has 0 rings (SSSR count). The molecule has 0 nitrogen and oxygen atoms in total. The molecule has 7 heavy (non-hydrogen) atoms. The van der Waals surface area contributed by atoms with E-state index in [9.17, 15) is 0 Å². The van der Waals surface area contributed by atoms with Gasteiger partial charge in [0.15, 0.2) is 0 Å². The minimum Gasteiger partial charge on any atom is -0.372 e. The van der Waals surface area contributed by atoms with Gasteiger partial charge in [0.2, 0.25) is 0 Å². The van der Waals surface area contributed by atoms with Crippen LogP contribution in [0, 0.1) is 28.7 Å². The molecule has 0 bridgehead atoms. The van der Waals surface area contributed by atoms with Gasteiger partial charge in [0.25, 0.3) is 0 Å². The van der Waals surface area contributed by atoms with Crippen molar-refractivity contribution in [3.63, 3.8) is 0 Å². The fourth-order valence-electron chi connectivity index (χ4n) is 0. The SMILES string of the molecule is [Au].[Au].[CH2-]C[CH2-].[CH3-].[CH3-]. The summed E-state index contributed by atoms with van der Waals surface area (Å²) in [6.45, 7) is 6.75. The monoisotopic (exact) mass is 466 g/mol. The quantitative estimate of drug-likeness (QED) is 0.379.